The summed E-state index contributed by atoms with van der Waals surface area (Å²) in [4.78, 5) is 34.2. The van der Waals surface area contributed by atoms with Crippen LogP contribution in [0.15, 0.2) is 12.2 Å². The largest absolute Gasteiger partial charge is 0.302 e. The normalized spacial score (nSPS) is 17.1. The molecule has 0 radical (unpaired) electrons. The SMILES string of the molecule is CC(C)(C=O)PCCN1C(=O)C=CC1=O. The maximum absolute atomic E-state index is 11.2. The number of rotatable bonds is 5. The van der Waals surface area contributed by atoms with Crippen molar-refractivity contribution in [1.29, 1.82) is 0 Å². The Kier molecular flexibility index (Phi) is 3.75. The third-order valence-corrected chi connectivity index (χ3v) is 3.61. The molecule has 0 aromatic rings. The second kappa shape index (κ2) is 4.67. The summed E-state index contributed by atoms with van der Waals surface area (Å²) in [6.07, 6.45) is 4.15. The summed E-state index contributed by atoms with van der Waals surface area (Å²) in [6.45, 7) is 4.11. The van der Waals surface area contributed by atoms with Crippen LogP contribution in [0.2, 0.25) is 0 Å². The molecule has 1 unspecified atom stereocenters. The summed E-state index contributed by atoms with van der Waals surface area (Å²) in [5, 5.41) is -0.348. The van der Waals surface area contributed by atoms with Crippen molar-refractivity contribution in [3.8, 4) is 0 Å². The molecule has 1 aliphatic heterocycles. The number of imide groups is 1. The minimum atomic E-state index is -0.348. The molecule has 0 aromatic heterocycles. The lowest BCUT2D eigenvalue weighted by atomic mass is 10.2. The predicted octanol–water partition coefficient (Wildman–Crippen LogP) is 0.567. The van der Waals surface area contributed by atoms with Gasteiger partial charge in [0.25, 0.3) is 11.8 Å². The Bertz CT molecular complexity index is 305. The van der Waals surface area contributed by atoms with Crippen molar-refractivity contribution in [2.45, 2.75) is 19.0 Å². The van der Waals surface area contributed by atoms with Gasteiger partial charge in [0.2, 0.25) is 0 Å². The average Bonchev–Trinajstić information content (AvgIpc) is 2.49. The van der Waals surface area contributed by atoms with E-state index in [0.717, 1.165) is 6.29 Å². The molecule has 1 atom stereocenters. The van der Waals surface area contributed by atoms with Crippen molar-refractivity contribution in [1.82, 2.24) is 4.90 Å². The Morgan fingerprint density at radius 3 is 2.33 bits per heavy atom. The molecule has 15 heavy (non-hydrogen) atoms. The summed E-state index contributed by atoms with van der Waals surface area (Å²) in [5.74, 6) is -0.512. The van der Waals surface area contributed by atoms with Gasteiger partial charge in [-0.05, 0) is 20.0 Å². The van der Waals surface area contributed by atoms with E-state index in [1.54, 1.807) is 0 Å². The van der Waals surface area contributed by atoms with E-state index in [2.05, 4.69) is 0 Å². The van der Waals surface area contributed by atoms with Crippen LogP contribution in [0, 0.1) is 0 Å². The van der Waals surface area contributed by atoms with Gasteiger partial charge in [-0.15, -0.1) is 8.58 Å². The fourth-order valence-corrected chi connectivity index (χ4v) is 2.25. The third-order valence-electron chi connectivity index (χ3n) is 2.11. The highest BCUT2D eigenvalue weighted by atomic mass is 31.1. The molecule has 0 saturated heterocycles. The van der Waals surface area contributed by atoms with E-state index in [0.29, 0.717) is 21.3 Å². The Hall–Kier alpha value is -1.02. The van der Waals surface area contributed by atoms with E-state index >= 15 is 0 Å². The fourth-order valence-electron chi connectivity index (χ4n) is 1.18. The van der Waals surface area contributed by atoms with Gasteiger partial charge in [0, 0.05) is 23.9 Å². The van der Waals surface area contributed by atoms with Crippen LogP contribution in [0.4, 0.5) is 0 Å². The second-order valence-electron chi connectivity index (χ2n) is 3.93. The first kappa shape index (κ1) is 12.1. The van der Waals surface area contributed by atoms with Crippen molar-refractivity contribution in [2.75, 3.05) is 12.7 Å². The molecule has 1 heterocycles. The molecule has 0 N–H and O–H groups in total. The lowest BCUT2D eigenvalue weighted by Crippen LogP contribution is -2.32. The lowest BCUT2D eigenvalue weighted by molar-refractivity contribution is -0.136. The number of amides is 2. The number of hydrogen-bond acceptors (Lipinski definition) is 3. The molecular weight excluding hydrogens is 213 g/mol. The first-order chi connectivity index (χ1) is 6.96. The topological polar surface area (TPSA) is 54.5 Å². The van der Waals surface area contributed by atoms with Crippen LogP contribution < -0.4 is 0 Å². The highest BCUT2D eigenvalue weighted by Crippen LogP contribution is 2.28. The number of hydrogen-bond donors (Lipinski definition) is 0. The van der Waals surface area contributed by atoms with Gasteiger partial charge in [0.1, 0.15) is 6.29 Å². The van der Waals surface area contributed by atoms with Gasteiger partial charge in [0.15, 0.2) is 0 Å². The smallest absolute Gasteiger partial charge is 0.253 e. The molecule has 0 bridgehead atoms. The van der Waals surface area contributed by atoms with E-state index in [1.807, 2.05) is 13.8 Å². The Balaban J connectivity index is 2.36. The van der Waals surface area contributed by atoms with Crippen LogP contribution in [-0.2, 0) is 14.4 Å². The fraction of sp³-hybridized carbons (Fsp3) is 0.500. The first-order valence-corrected chi connectivity index (χ1v) is 5.92. The van der Waals surface area contributed by atoms with Crippen LogP contribution in [0.3, 0.4) is 0 Å². The highest BCUT2D eigenvalue weighted by molar-refractivity contribution is 7.41. The Morgan fingerprint density at radius 2 is 1.87 bits per heavy atom. The first-order valence-electron chi connectivity index (χ1n) is 4.71. The second-order valence-corrected chi connectivity index (χ2v) is 6.07. The van der Waals surface area contributed by atoms with E-state index in [1.165, 1.54) is 17.1 Å². The van der Waals surface area contributed by atoms with Gasteiger partial charge < -0.3 is 4.79 Å². The molecule has 82 valence electrons. The summed E-state index contributed by atoms with van der Waals surface area (Å²) < 4.78 is 0. The summed E-state index contributed by atoms with van der Waals surface area (Å²) in [7, 11) is 0.423. The summed E-state index contributed by atoms with van der Waals surface area (Å²) >= 11 is 0. The number of carbonyl (C=O) groups excluding carboxylic acids is 3. The molecule has 0 fully saturated rings. The van der Waals surface area contributed by atoms with Crippen LogP contribution in [-0.4, -0.2) is 40.9 Å². The zero-order valence-electron chi connectivity index (χ0n) is 8.82. The summed E-state index contributed by atoms with van der Waals surface area (Å²) in [5.41, 5.74) is 0. The van der Waals surface area contributed by atoms with Crippen LogP contribution in [0.1, 0.15) is 13.8 Å². The molecule has 1 aliphatic rings. The minimum Gasteiger partial charge on any atom is -0.302 e. The number of aldehydes is 1. The molecule has 0 aromatic carbocycles. The van der Waals surface area contributed by atoms with Crippen molar-refractivity contribution < 1.29 is 14.4 Å². The van der Waals surface area contributed by atoms with Gasteiger partial charge in [-0.25, -0.2) is 0 Å². The molecule has 0 saturated carbocycles. The van der Waals surface area contributed by atoms with E-state index in [-0.39, 0.29) is 17.0 Å². The maximum Gasteiger partial charge on any atom is 0.253 e. The van der Waals surface area contributed by atoms with Crippen molar-refractivity contribution in [3.05, 3.63) is 12.2 Å². The van der Waals surface area contributed by atoms with Crippen molar-refractivity contribution in [3.63, 3.8) is 0 Å². The van der Waals surface area contributed by atoms with E-state index < -0.39 is 0 Å². The minimum absolute atomic E-state index is 0.256. The Morgan fingerprint density at radius 1 is 1.33 bits per heavy atom. The monoisotopic (exact) mass is 227 g/mol. The standard InChI is InChI=1S/C10H14NO3P/c1-10(2,7-12)15-6-5-11-8(13)3-4-9(11)14/h3-4,7,15H,5-6H2,1-2H3. The molecule has 5 heteroatoms. The zero-order valence-corrected chi connectivity index (χ0v) is 9.82. The zero-order chi connectivity index (χ0) is 11.5. The molecular formula is C10H14NO3P. The van der Waals surface area contributed by atoms with Gasteiger partial charge in [-0.3, -0.25) is 14.5 Å². The maximum atomic E-state index is 11.2. The molecule has 1 rings (SSSR count). The van der Waals surface area contributed by atoms with Gasteiger partial charge in [0.05, 0.1) is 0 Å². The number of carbonyl (C=O) groups is 3. The van der Waals surface area contributed by atoms with E-state index in [4.69, 9.17) is 0 Å². The Labute approximate surface area is 90.5 Å². The predicted molar refractivity (Wildman–Crippen MR) is 59.2 cm³/mol. The lowest BCUT2D eigenvalue weighted by Gasteiger charge is -2.19. The molecule has 4 nitrogen and oxygen atoms in total. The molecule has 0 aliphatic carbocycles. The summed E-state index contributed by atoms with van der Waals surface area (Å²) in [6, 6.07) is 0. The quantitative estimate of drug-likeness (QED) is 0.392. The van der Waals surface area contributed by atoms with Gasteiger partial charge in [-0.1, -0.05) is 0 Å². The number of nitrogens with zero attached hydrogens (tertiary/aromatic N) is 1. The van der Waals surface area contributed by atoms with Crippen molar-refractivity contribution in [2.24, 2.45) is 0 Å². The highest BCUT2D eigenvalue weighted by Gasteiger charge is 2.24. The van der Waals surface area contributed by atoms with Crippen LogP contribution >= 0.6 is 8.58 Å². The molecule has 0 spiro atoms. The van der Waals surface area contributed by atoms with Gasteiger partial charge >= 0.3 is 0 Å². The van der Waals surface area contributed by atoms with Crippen LogP contribution in [0.5, 0.6) is 0 Å². The van der Waals surface area contributed by atoms with Gasteiger partial charge in [-0.2, -0.15) is 0 Å². The molecule has 2 amide bonds. The average molecular weight is 227 g/mol. The van der Waals surface area contributed by atoms with Crippen LogP contribution in [0.25, 0.3) is 0 Å². The van der Waals surface area contributed by atoms with Crippen molar-refractivity contribution >= 4 is 26.7 Å². The van der Waals surface area contributed by atoms with E-state index in [9.17, 15) is 14.4 Å². The third kappa shape index (κ3) is 3.24.